The molecule has 3 aromatic heterocycles. The van der Waals surface area contributed by atoms with Gasteiger partial charge < -0.3 is 20.5 Å². The summed E-state index contributed by atoms with van der Waals surface area (Å²) in [5.41, 5.74) is 8.14. The second-order valence-electron chi connectivity index (χ2n) is 8.44. The number of amides is 1. The molecule has 170 valence electrons. The Kier molecular flexibility index (Phi) is 4.95. The predicted octanol–water partition coefficient (Wildman–Crippen LogP) is 2.48. The van der Waals surface area contributed by atoms with Gasteiger partial charge in [-0.3, -0.25) is 9.48 Å². The van der Waals surface area contributed by atoms with Crippen LogP contribution in [0.25, 0.3) is 22.2 Å². The molecule has 5 rings (SSSR count). The molecular formula is C22H24FN9O. The van der Waals surface area contributed by atoms with Crippen LogP contribution < -0.4 is 11.1 Å². The lowest BCUT2D eigenvalue weighted by molar-refractivity contribution is -0.133. The van der Waals surface area contributed by atoms with Crippen molar-refractivity contribution in [2.45, 2.75) is 32.9 Å². The van der Waals surface area contributed by atoms with Gasteiger partial charge in [-0.05, 0) is 26.0 Å². The summed E-state index contributed by atoms with van der Waals surface area (Å²) in [6.07, 6.45) is 3.89. The SMILES string of the molecule is CC(C)N1CCc2cc(Nc3cc4cc(-c5cncn5C)c(F)c(N)c4nn3)nn2CC1=O. The predicted molar refractivity (Wildman–Crippen MR) is 122 cm³/mol. The molecule has 10 nitrogen and oxygen atoms in total. The van der Waals surface area contributed by atoms with Crippen LogP contribution in [-0.2, 0) is 24.8 Å². The smallest absolute Gasteiger partial charge is 0.244 e. The summed E-state index contributed by atoms with van der Waals surface area (Å²) in [6, 6.07) is 5.48. The first kappa shape index (κ1) is 20.9. The van der Waals surface area contributed by atoms with Crippen molar-refractivity contribution in [2.75, 3.05) is 17.6 Å². The lowest BCUT2D eigenvalue weighted by Crippen LogP contribution is -2.38. The number of aryl methyl sites for hydroxylation is 1. The Bertz CT molecular complexity index is 1370. The Balaban J connectivity index is 1.46. The molecule has 0 unspecified atom stereocenters. The lowest BCUT2D eigenvalue weighted by atomic mass is 10.1. The first-order chi connectivity index (χ1) is 15.8. The molecular weight excluding hydrogens is 425 g/mol. The summed E-state index contributed by atoms with van der Waals surface area (Å²) < 4.78 is 18.3. The maximum absolute atomic E-state index is 14.9. The highest BCUT2D eigenvalue weighted by Gasteiger charge is 2.24. The molecule has 0 atom stereocenters. The normalized spacial score (nSPS) is 14.1. The number of anilines is 3. The first-order valence-corrected chi connectivity index (χ1v) is 10.7. The Morgan fingerprint density at radius 1 is 1.18 bits per heavy atom. The number of halogens is 1. The minimum Gasteiger partial charge on any atom is -0.395 e. The molecule has 1 aliphatic heterocycles. The van der Waals surface area contributed by atoms with E-state index in [1.807, 2.05) is 24.8 Å². The molecule has 0 spiro atoms. The molecule has 4 aromatic rings. The quantitative estimate of drug-likeness (QED) is 0.459. The summed E-state index contributed by atoms with van der Waals surface area (Å²) >= 11 is 0. The van der Waals surface area contributed by atoms with Crippen molar-refractivity contribution in [1.29, 1.82) is 0 Å². The number of nitrogen functional groups attached to an aromatic ring is 1. The van der Waals surface area contributed by atoms with E-state index in [-0.39, 0.29) is 29.7 Å². The van der Waals surface area contributed by atoms with Crippen molar-refractivity contribution in [1.82, 2.24) is 34.4 Å². The third-order valence-corrected chi connectivity index (χ3v) is 5.90. The highest BCUT2D eigenvalue weighted by molar-refractivity contribution is 5.95. The molecule has 0 aliphatic carbocycles. The summed E-state index contributed by atoms with van der Waals surface area (Å²) in [6.45, 7) is 4.87. The summed E-state index contributed by atoms with van der Waals surface area (Å²) in [5.74, 6) is 0.488. The van der Waals surface area contributed by atoms with E-state index in [1.165, 1.54) is 0 Å². The number of hydrogen-bond donors (Lipinski definition) is 2. The van der Waals surface area contributed by atoms with Gasteiger partial charge in [0.15, 0.2) is 17.5 Å². The van der Waals surface area contributed by atoms with Crippen LogP contribution in [0.1, 0.15) is 19.5 Å². The van der Waals surface area contributed by atoms with Crippen LogP contribution in [0.2, 0.25) is 0 Å². The van der Waals surface area contributed by atoms with Crippen molar-refractivity contribution >= 4 is 34.1 Å². The number of rotatable bonds is 4. The molecule has 4 heterocycles. The van der Waals surface area contributed by atoms with Crippen molar-refractivity contribution < 1.29 is 9.18 Å². The van der Waals surface area contributed by atoms with Crippen molar-refractivity contribution in [3.05, 3.63) is 42.2 Å². The van der Waals surface area contributed by atoms with Gasteiger partial charge in [0, 0.05) is 48.8 Å². The molecule has 3 N–H and O–H groups in total. The van der Waals surface area contributed by atoms with E-state index in [9.17, 15) is 9.18 Å². The number of carbonyl (C=O) groups is 1. The molecule has 1 aromatic carbocycles. The van der Waals surface area contributed by atoms with E-state index in [1.54, 1.807) is 41.0 Å². The number of benzene rings is 1. The molecule has 0 bridgehead atoms. The lowest BCUT2D eigenvalue weighted by Gasteiger charge is -2.24. The van der Waals surface area contributed by atoms with Crippen LogP contribution in [0.5, 0.6) is 0 Å². The average Bonchev–Trinajstić information content (AvgIpc) is 3.32. The van der Waals surface area contributed by atoms with Gasteiger partial charge in [-0.25, -0.2) is 9.37 Å². The Morgan fingerprint density at radius 2 is 2.00 bits per heavy atom. The van der Waals surface area contributed by atoms with Crippen molar-refractivity contribution in [2.24, 2.45) is 7.05 Å². The zero-order chi connectivity index (χ0) is 23.3. The topological polar surface area (TPSA) is 120 Å². The minimum atomic E-state index is -0.556. The summed E-state index contributed by atoms with van der Waals surface area (Å²) in [7, 11) is 1.79. The Hall–Kier alpha value is -4.02. The first-order valence-electron chi connectivity index (χ1n) is 10.7. The van der Waals surface area contributed by atoms with E-state index in [2.05, 4.69) is 25.6 Å². The van der Waals surface area contributed by atoms with Crippen LogP contribution in [0.4, 0.5) is 21.7 Å². The van der Waals surface area contributed by atoms with Gasteiger partial charge in [0.2, 0.25) is 5.91 Å². The second-order valence-corrected chi connectivity index (χ2v) is 8.44. The standard InChI is InChI=1S/C22H24FN9O/c1-12(2)31-5-4-14-8-18(29-32(14)10-19(31)33)26-17-7-13-6-15(16-9-25-11-30(16)3)20(23)21(24)22(13)28-27-17/h6-9,11-12H,4-5,10,24H2,1-3H3,(H,26,27,29). The number of fused-ring (bicyclic) bond motifs is 2. The van der Waals surface area contributed by atoms with E-state index in [0.29, 0.717) is 41.2 Å². The maximum Gasteiger partial charge on any atom is 0.244 e. The number of nitrogens with two attached hydrogens (primary N) is 1. The van der Waals surface area contributed by atoms with Gasteiger partial charge in [-0.1, -0.05) is 0 Å². The highest BCUT2D eigenvalue weighted by atomic mass is 19.1. The second kappa shape index (κ2) is 7.84. The number of carbonyl (C=O) groups excluding carboxylic acids is 1. The third-order valence-electron chi connectivity index (χ3n) is 5.90. The Morgan fingerprint density at radius 3 is 2.73 bits per heavy atom. The molecule has 0 saturated heterocycles. The average molecular weight is 449 g/mol. The number of imidazole rings is 1. The molecule has 33 heavy (non-hydrogen) atoms. The van der Waals surface area contributed by atoms with Gasteiger partial charge in [0.1, 0.15) is 12.1 Å². The molecule has 0 radical (unpaired) electrons. The van der Waals surface area contributed by atoms with Gasteiger partial charge in [0.25, 0.3) is 0 Å². The van der Waals surface area contributed by atoms with E-state index in [4.69, 9.17) is 5.73 Å². The fourth-order valence-electron chi connectivity index (χ4n) is 4.17. The van der Waals surface area contributed by atoms with Crippen LogP contribution in [0.15, 0.2) is 30.7 Å². The fourth-order valence-corrected chi connectivity index (χ4v) is 4.17. The van der Waals surface area contributed by atoms with Crippen LogP contribution in [0.3, 0.4) is 0 Å². The molecule has 1 amide bonds. The zero-order valence-corrected chi connectivity index (χ0v) is 18.6. The summed E-state index contributed by atoms with van der Waals surface area (Å²) in [5, 5.41) is 16.6. The monoisotopic (exact) mass is 449 g/mol. The highest BCUT2D eigenvalue weighted by Crippen LogP contribution is 2.33. The Labute approximate surface area is 189 Å². The van der Waals surface area contributed by atoms with Gasteiger partial charge in [0.05, 0.1) is 23.9 Å². The molecule has 0 fully saturated rings. The van der Waals surface area contributed by atoms with Crippen molar-refractivity contribution in [3.63, 3.8) is 0 Å². The van der Waals surface area contributed by atoms with Gasteiger partial charge >= 0.3 is 0 Å². The number of aromatic nitrogens is 6. The van der Waals surface area contributed by atoms with Gasteiger partial charge in [-0.2, -0.15) is 5.10 Å². The van der Waals surface area contributed by atoms with Crippen molar-refractivity contribution in [3.8, 4) is 11.3 Å². The van der Waals surface area contributed by atoms with Crippen LogP contribution >= 0.6 is 0 Å². The largest absolute Gasteiger partial charge is 0.395 e. The van der Waals surface area contributed by atoms with E-state index < -0.39 is 5.82 Å². The van der Waals surface area contributed by atoms with Crippen LogP contribution in [-0.4, -0.2) is 52.9 Å². The van der Waals surface area contributed by atoms with E-state index >= 15 is 0 Å². The number of hydrogen-bond acceptors (Lipinski definition) is 7. The minimum absolute atomic E-state index is 0.0455. The summed E-state index contributed by atoms with van der Waals surface area (Å²) in [4.78, 5) is 18.4. The number of nitrogens with one attached hydrogen (secondary N) is 1. The molecule has 1 aliphatic rings. The maximum atomic E-state index is 14.9. The third kappa shape index (κ3) is 3.65. The fraction of sp³-hybridized carbons (Fsp3) is 0.318. The van der Waals surface area contributed by atoms with E-state index in [0.717, 1.165) is 5.69 Å². The molecule has 0 saturated carbocycles. The number of nitrogens with zero attached hydrogens (tertiary/aromatic N) is 7. The molecule has 11 heteroatoms. The van der Waals surface area contributed by atoms with Gasteiger partial charge in [-0.15, -0.1) is 10.2 Å². The van der Waals surface area contributed by atoms with Crippen LogP contribution in [0, 0.1) is 5.82 Å². The zero-order valence-electron chi connectivity index (χ0n) is 18.6.